The fraction of sp³-hybridized carbons (Fsp3) is 0.238. The largest absolute Gasteiger partial charge is 0.494 e. The molecule has 0 saturated carbocycles. The SMILES string of the molecule is CCOc1ccc(NC(=S)NCc2c(C)nn(-c3ccccc3)c2C)cc1. The predicted molar refractivity (Wildman–Crippen MR) is 114 cm³/mol. The first-order valence-corrected chi connectivity index (χ1v) is 9.37. The maximum atomic E-state index is 5.45. The molecule has 2 aromatic carbocycles. The number of hydrogen-bond donors (Lipinski definition) is 2. The van der Waals surface area contributed by atoms with Crippen LogP contribution >= 0.6 is 12.2 Å². The van der Waals surface area contributed by atoms with Crippen LogP contribution in [0.1, 0.15) is 23.9 Å². The van der Waals surface area contributed by atoms with Crippen LogP contribution in [0.4, 0.5) is 5.69 Å². The minimum atomic E-state index is 0.574. The van der Waals surface area contributed by atoms with E-state index in [0.717, 1.165) is 34.1 Å². The lowest BCUT2D eigenvalue weighted by Gasteiger charge is -2.12. The van der Waals surface area contributed by atoms with Crippen molar-refractivity contribution >= 4 is 23.0 Å². The van der Waals surface area contributed by atoms with Crippen LogP contribution in [0.2, 0.25) is 0 Å². The van der Waals surface area contributed by atoms with Gasteiger partial charge in [0, 0.05) is 23.5 Å². The zero-order valence-corrected chi connectivity index (χ0v) is 16.6. The number of nitrogens with zero attached hydrogens (tertiary/aromatic N) is 2. The number of benzene rings is 2. The molecule has 3 aromatic rings. The van der Waals surface area contributed by atoms with E-state index in [4.69, 9.17) is 17.0 Å². The lowest BCUT2D eigenvalue weighted by molar-refractivity contribution is 0.340. The Balaban J connectivity index is 1.63. The molecule has 0 saturated heterocycles. The first-order valence-electron chi connectivity index (χ1n) is 8.96. The Kier molecular flexibility index (Phi) is 6.08. The van der Waals surface area contributed by atoms with Crippen molar-refractivity contribution in [1.29, 1.82) is 0 Å². The molecule has 1 heterocycles. The summed E-state index contributed by atoms with van der Waals surface area (Å²) in [4.78, 5) is 0. The van der Waals surface area contributed by atoms with Crippen molar-refractivity contribution in [2.45, 2.75) is 27.3 Å². The van der Waals surface area contributed by atoms with E-state index in [1.165, 1.54) is 0 Å². The number of thiocarbonyl (C=S) groups is 1. The van der Waals surface area contributed by atoms with Crippen LogP contribution in [0, 0.1) is 13.8 Å². The van der Waals surface area contributed by atoms with Gasteiger partial charge in [-0.3, -0.25) is 0 Å². The Morgan fingerprint density at radius 1 is 1.07 bits per heavy atom. The Hall–Kier alpha value is -2.86. The number of anilines is 1. The lowest BCUT2D eigenvalue weighted by Crippen LogP contribution is -2.28. The van der Waals surface area contributed by atoms with Crippen LogP contribution in [0.25, 0.3) is 5.69 Å². The molecule has 0 atom stereocenters. The molecule has 0 radical (unpaired) electrons. The van der Waals surface area contributed by atoms with Crippen LogP contribution < -0.4 is 15.4 Å². The third-order valence-corrected chi connectivity index (χ3v) is 4.54. The van der Waals surface area contributed by atoms with E-state index in [1.54, 1.807) is 0 Å². The van der Waals surface area contributed by atoms with Crippen molar-refractivity contribution in [2.24, 2.45) is 0 Å². The van der Waals surface area contributed by atoms with Crippen LogP contribution in [-0.4, -0.2) is 21.5 Å². The summed E-state index contributed by atoms with van der Waals surface area (Å²) in [6, 6.07) is 17.9. The van der Waals surface area contributed by atoms with Crippen molar-refractivity contribution < 1.29 is 4.74 Å². The molecule has 0 unspecified atom stereocenters. The summed E-state index contributed by atoms with van der Waals surface area (Å²) in [6.07, 6.45) is 0. The third-order valence-electron chi connectivity index (χ3n) is 4.29. The average Bonchev–Trinajstić information content (AvgIpc) is 2.96. The number of ether oxygens (including phenoxy) is 1. The molecule has 5 nitrogen and oxygen atoms in total. The molecular weight excluding hydrogens is 356 g/mol. The number of nitrogens with one attached hydrogen (secondary N) is 2. The van der Waals surface area contributed by atoms with Gasteiger partial charge in [0.15, 0.2) is 5.11 Å². The highest BCUT2D eigenvalue weighted by Gasteiger charge is 2.13. The molecule has 0 aliphatic heterocycles. The molecule has 1 aromatic heterocycles. The van der Waals surface area contributed by atoms with Crippen LogP contribution in [0.5, 0.6) is 5.75 Å². The monoisotopic (exact) mass is 380 g/mol. The highest BCUT2D eigenvalue weighted by molar-refractivity contribution is 7.80. The molecule has 0 aliphatic rings. The molecule has 0 fully saturated rings. The van der Waals surface area contributed by atoms with E-state index in [-0.39, 0.29) is 0 Å². The van der Waals surface area contributed by atoms with Crippen LogP contribution in [-0.2, 0) is 6.54 Å². The summed E-state index contributed by atoms with van der Waals surface area (Å²) in [5.74, 6) is 0.849. The Morgan fingerprint density at radius 2 is 1.78 bits per heavy atom. The molecule has 0 bridgehead atoms. The van der Waals surface area contributed by atoms with E-state index in [2.05, 4.69) is 34.8 Å². The minimum Gasteiger partial charge on any atom is -0.494 e. The molecule has 2 N–H and O–H groups in total. The molecular formula is C21H24N4OS. The van der Waals surface area contributed by atoms with Gasteiger partial charge in [-0.05, 0) is 69.4 Å². The Morgan fingerprint density at radius 3 is 2.44 bits per heavy atom. The number of aryl methyl sites for hydroxylation is 1. The number of rotatable bonds is 6. The fourth-order valence-electron chi connectivity index (χ4n) is 2.90. The summed E-state index contributed by atoms with van der Waals surface area (Å²) in [5, 5.41) is 11.7. The van der Waals surface area contributed by atoms with E-state index >= 15 is 0 Å². The van der Waals surface area contributed by atoms with Crippen molar-refractivity contribution in [3.8, 4) is 11.4 Å². The van der Waals surface area contributed by atoms with E-state index < -0.39 is 0 Å². The number of hydrogen-bond acceptors (Lipinski definition) is 3. The van der Waals surface area contributed by atoms with Crippen molar-refractivity contribution in [3.05, 3.63) is 71.5 Å². The fourth-order valence-corrected chi connectivity index (χ4v) is 3.09. The molecule has 140 valence electrons. The van der Waals surface area contributed by atoms with Gasteiger partial charge >= 0.3 is 0 Å². The van der Waals surface area contributed by atoms with Gasteiger partial charge in [0.25, 0.3) is 0 Å². The summed E-state index contributed by atoms with van der Waals surface area (Å²) in [7, 11) is 0. The molecule has 6 heteroatoms. The first kappa shape index (κ1) is 18.9. The van der Waals surface area contributed by atoms with Gasteiger partial charge in [-0.2, -0.15) is 5.10 Å². The topological polar surface area (TPSA) is 51.1 Å². The predicted octanol–water partition coefficient (Wildman–Crippen LogP) is 4.37. The Labute approximate surface area is 165 Å². The van der Waals surface area contributed by atoms with Crippen molar-refractivity contribution in [2.75, 3.05) is 11.9 Å². The van der Waals surface area contributed by atoms with E-state index in [1.807, 2.05) is 61.0 Å². The zero-order valence-electron chi connectivity index (χ0n) is 15.8. The summed E-state index contributed by atoms with van der Waals surface area (Å²) < 4.78 is 7.42. The lowest BCUT2D eigenvalue weighted by atomic mass is 10.2. The van der Waals surface area contributed by atoms with Gasteiger partial charge in [-0.25, -0.2) is 4.68 Å². The summed E-state index contributed by atoms with van der Waals surface area (Å²) in [5.41, 5.74) is 5.22. The van der Waals surface area contributed by atoms with Gasteiger partial charge in [0.1, 0.15) is 5.75 Å². The zero-order chi connectivity index (χ0) is 19.2. The summed E-state index contributed by atoms with van der Waals surface area (Å²) >= 11 is 5.43. The standard InChI is InChI=1S/C21H24N4OS/c1-4-26-19-12-10-17(11-13-19)23-21(27)22-14-20-15(2)24-25(16(20)3)18-8-6-5-7-9-18/h5-13H,4,14H2,1-3H3,(H2,22,23,27). The van der Waals surface area contributed by atoms with Gasteiger partial charge in [-0.1, -0.05) is 18.2 Å². The van der Waals surface area contributed by atoms with Crippen molar-refractivity contribution in [3.63, 3.8) is 0 Å². The third kappa shape index (κ3) is 4.65. The van der Waals surface area contributed by atoms with Gasteiger partial charge in [0.05, 0.1) is 18.0 Å². The highest BCUT2D eigenvalue weighted by atomic mass is 32.1. The number of para-hydroxylation sites is 1. The van der Waals surface area contributed by atoms with Gasteiger partial charge in [-0.15, -0.1) is 0 Å². The maximum absolute atomic E-state index is 5.45. The molecule has 0 aliphatic carbocycles. The second-order valence-electron chi connectivity index (χ2n) is 6.16. The second-order valence-corrected chi connectivity index (χ2v) is 6.57. The van der Waals surface area contributed by atoms with E-state index in [0.29, 0.717) is 18.3 Å². The normalized spacial score (nSPS) is 10.5. The van der Waals surface area contributed by atoms with E-state index in [9.17, 15) is 0 Å². The second kappa shape index (κ2) is 8.68. The average molecular weight is 381 g/mol. The van der Waals surface area contributed by atoms with Crippen LogP contribution in [0.15, 0.2) is 54.6 Å². The summed E-state index contributed by atoms with van der Waals surface area (Å²) in [6.45, 7) is 7.34. The molecule has 0 amide bonds. The smallest absolute Gasteiger partial charge is 0.171 e. The highest BCUT2D eigenvalue weighted by Crippen LogP contribution is 2.18. The minimum absolute atomic E-state index is 0.574. The van der Waals surface area contributed by atoms with Gasteiger partial charge < -0.3 is 15.4 Å². The molecule has 0 spiro atoms. The molecule has 3 rings (SSSR count). The number of aromatic nitrogens is 2. The molecule has 27 heavy (non-hydrogen) atoms. The quantitative estimate of drug-likeness (QED) is 0.622. The maximum Gasteiger partial charge on any atom is 0.171 e. The van der Waals surface area contributed by atoms with Crippen molar-refractivity contribution in [1.82, 2.24) is 15.1 Å². The Bertz CT molecular complexity index is 904. The van der Waals surface area contributed by atoms with Gasteiger partial charge in [0.2, 0.25) is 0 Å². The van der Waals surface area contributed by atoms with Crippen LogP contribution in [0.3, 0.4) is 0 Å². The first-order chi connectivity index (χ1) is 13.1.